The first-order chi connectivity index (χ1) is 10.1. The molecule has 0 aliphatic rings. The Bertz CT molecular complexity index is 650. The number of benzene rings is 1. The van der Waals surface area contributed by atoms with E-state index in [9.17, 15) is 9.59 Å². The van der Waals surface area contributed by atoms with Crippen molar-refractivity contribution < 1.29 is 9.59 Å². The predicted octanol–water partition coefficient (Wildman–Crippen LogP) is 1.88. The monoisotopic (exact) mass is 286 g/mol. The number of fused-ring (bicyclic) bond motifs is 1. The normalized spacial score (nSPS) is 10.4. The van der Waals surface area contributed by atoms with Gasteiger partial charge in [0.15, 0.2) is 0 Å². The molecule has 0 radical (unpaired) electrons. The van der Waals surface area contributed by atoms with Crippen LogP contribution in [0.25, 0.3) is 10.9 Å². The molecule has 0 unspecified atom stereocenters. The molecule has 1 aromatic heterocycles. The Kier molecular flexibility index (Phi) is 4.71. The summed E-state index contributed by atoms with van der Waals surface area (Å²) in [4.78, 5) is 27.5. The summed E-state index contributed by atoms with van der Waals surface area (Å²) >= 11 is 0. The van der Waals surface area contributed by atoms with Gasteiger partial charge in [-0.3, -0.25) is 9.78 Å². The number of carbonyl (C=O) groups is 2. The molecule has 2 rings (SSSR count). The van der Waals surface area contributed by atoms with E-state index in [-0.39, 0.29) is 24.5 Å². The molecular formula is C15H18N4O2. The van der Waals surface area contributed by atoms with Crippen LogP contribution in [0.4, 0.5) is 10.5 Å². The molecule has 21 heavy (non-hydrogen) atoms. The van der Waals surface area contributed by atoms with Crippen LogP contribution in [0.3, 0.4) is 0 Å². The highest BCUT2D eigenvalue weighted by Crippen LogP contribution is 2.20. The fourth-order valence-corrected chi connectivity index (χ4v) is 1.87. The zero-order valence-corrected chi connectivity index (χ0v) is 12.0. The number of nitrogens with one attached hydrogen (secondary N) is 3. The fraction of sp³-hybridized carbons (Fsp3) is 0.267. The summed E-state index contributed by atoms with van der Waals surface area (Å²) < 4.78 is 0. The Labute approximate surface area is 122 Å². The molecule has 6 heteroatoms. The standard InChI is InChI=1S/C15H18N4O2/c1-10(2)18-15(21)17-9-13(20)19-12-7-3-5-11-6-4-8-16-14(11)12/h3-8,10H,9H2,1-2H3,(H,19,20)(H2,17,18,21). The van der Waals surface area contributed by atoms with Crippen molar-refractivity contribution in [1.29, 1.82) is 0 Å². The van der Waals surface area contributed by atoms with Gasteiger partial charge >= 0.3 is 6.03 Å². The second-order valence-electron chi connectivity index (χ2n) is 4.91. The van der Waals surface area contributed by atoms with Crippen LogP contribution in [-0.4, -0.2) is 29.5 Å². The van der Waals surface area contributed by atoms with Gasteiger partial charge in [0.2, 0.25) is 5.91 Å². The van der Waals surface area contributed by atoms with Gasteiger partial charge in [0.25, 0.3) is 0 Å². The van der Waals surface area contributed by atoms with E-state index in [1.165, 1.54) is 0 Å². The van der Waals surface area contributed by atoms with Crippen LogP contribution in [0.2, 0.25) is 0 Å². The Morgan fingerprint density at radius 3 is 2.71 bits per heavy atom. The summed E-state index contributed by atoms with van der Waals surface area (Å²) in [5, 5.41) is 8.84. The van der Waals surface area contributed by atoms with Crippen LogP contribution >= 0.6 is 0 Å². The lowest BCUT2D eigenvalue weighted by Crippen LogP contribution is -2.42. The molecule has 0 fully saturated rings. The van der Waals surface area contributed by atoms with Crippen molar-refractivity contribution in [3.05, 3.63) is 36.5 Å². The average molecular weight is 286 g/mol. The van der Waals surface area contributed by atoms with E-state index in [1.54, 1.807) is 12.3 Å². The number of hydrogen-bond donors (Lipinski definition) is 3. The van der Waals surface area contributed by atoms with Gasteiger partial charge < -0.3 is 16.0 Å². The predicted molar refractivity (Wildman–Crippen MR) is 82.0 cm³/mol. The number of anilines is 1. The second kappa shape index (κ2) is 6.69. The molecule has 0 aliphatic carbocycles. The van der Waals surface area contributed by atoms with Crippen molar-refractivity contribution in [3.8, 4) is 0 Å². The van der Waals surface area contributed by atoms with Crippen LogP contribution in [-0.2, 0) is 4.79 Å². The van der Waals surface area contributed by atoms with Gasteiger partial charge in [-0.05, 0) is 26.0 Å². The highest BCUT2D eigenvalue weighted by atomic mass is 16.2. The van der Waals surface area contributed by atoms with Crippen molar-refractivity contribution in [1.82, 2.24) is 15.6 Å². The van der Waals surface area contributed by atoms with E-state index in [0.29, 0.717) is 5.69 Å². The van der Waals surface area contributed by atoms with E-state index < -0.39 is 0 Å². The van der Waals surface area contributed by atoms with Gasteiger partial charge in [-0.1, -0.05) is 18.2 Å². The fourth-order valence-electron chi connectivity index (χ4n) is 1.87. The van der Waals surface area contributed by atoms with Gasteiger partial charge in [-0.25, -0.2) is 4.79 Å². The summed E-state index contributed by atoms with van der Waals surface area (Å²) in [5.41, 5.74) is 1.35. The van der Waals surface area contributed by atoms with Crippen molar-refractivity contribution in [2.45, 2.75) is 19.9 Å². The number of amides is 3. The van der Waals surface area contributed by atoms with Crippen LogP contribution < -0.4 is 16.0 Å². The number of pyridine rings is 1. The first-order valence-electron chi connectivity index (χ1n) is 6.74. The Morgan fingerprint density at radius 1 is 1.19 bits per heavy atom. The molecular weight excluding hydrogens is 268 g/mol. The first-order valence-corrected chi connectivity index (χ1v) is 6.74. The van der Waals surface area contributed by atoms with E-state index in [1.807, 2.05) is 38.1 Å². The van der Waals surface area contributed by atoms with E-state index >= 15 is 0 Å². The van der Waals surface area contributed by atoms with E-state index in [2.05, 4.69) is 20.9 Å². The average Bonchev–Trinajstić information content (AvgIpc) is 2.45. The summed E-state index contributed by atoms with van der Waals surface area (Å²) in [5.74, 6) is -0.299. The van der Waals surface area contributed by atoms with Crippen molar-refractivity contribution in [2.24, 2.45) is 0 Å². The molecule has 0 saturated heterocycles. The summed E-state index contributed by atoms with van der Waals surface area (Å²) in [6.07, 6.45) is 1.67. The lowest BCUT2D eigenvalue weighted by atomic mass is 10.2. The molecule has 1 heterocycles. The number of para-hydroxylation sites is 1. The summed E-state index contributed by atoms with van der Waals surface area (Å²) in [7, 11) is 0. The van der Waals surface area contributed by atoms with E-state index in [4.69, 9.17) is 0 Å². The van der Waals surface area contributed by atoms with Crippen molar-refractivity contribution >= 4 is 28.5 Å². The van der Waals surface area contributed by atoms with Gasteiger partial charge in [0.05, 0.1) is 17.7 Å². The second-order valence-corrected chi connectivity index (χ2v) is 4.91. The smallest absolute Gasteiger partial charge is 0.315 e. The molecule has 6 nitrogen and oxygen atoms in total. The van der Waals surface area contributed by atoms with Gasteiger partial charge in [-0.2, -0.15) is 0 Å². The third-order valence-electron chi connectivity index (χ3n) is 2.74. The number of rotatable bonds is 4. The maximum absolute atomic E-state index is 11.9. The lowest BCUT2D eigenvalue weighted by Gasteiger charge is -2.11. The highest BCUT2D eigenvalue weighted by Gasteiger charge is 2.08. The third kappa shape index (κ3) is 4.17. The van der Waals surface area contributed by atoms with Crippen molar-refractivity contribution in [3.63, 3.8) is 0 Å². The molecule has 0 atom stereocenters. The number of aromatic nitrogens is 1. The molecule has 0 aliphatic heterocycles. The molecule has 1 aromatic carbocycles. The van der Waals surface area contributed by atoms with E-state index in [0.717, 1.165) is 10.9 Å². The largest absolute Gasteiger partial charge is 0.336 e. The molecule has 0 saturated carbocycles. The molecule has 0 spiro atoms. The minimum Gasteiger partial charge on any atom is -0.336 e. The van der Waals surface area contributed by atoms with Crippen LogP contribution in [0.5, 0.6) is 0 Å². The zero-order valence-electron chi connectivity index (χ0n) is 12.0. The van der Waals surface area contributed by atoms with Crippen LogP contribution in [0, 0.1) is 0 Å². The number of carbonyl (C=O) groups excluding carboxylic acids is 2. The molecule has 3 N–H and O–H groups in total. The van der Waals surface area contributed by atoms with Crippen LogP contribution in [0.1, 0.15) is 13.8 Å². The molecule has 0 bridgehead atoms. The van der Waals surface area contributed by atoms with Gasteiger partial charge in [0.1, 0.15) is 0 Å². The molecule has 2 aromatic rings. The lowest BCUT2D eigenvalue weighted by molar-refractivity contribution is -0.115. The molecule has 3 amide bonds. The minimum absolute atomic E-state index is 0.0235. The number of nitrogens with zero attached hydrogens (tertiary/aromatic N) is 1. The summed E-state index contributed by atoms with van der Waals surface area (Å²) in [6.45, 7) is 3.60. The van der Waals surface area contributed by atoms with Crippen LogP contribution in [0.15, 0.2) is 36.5 Å². The highest BCUT2D eigenvalue weighted by molar-refractivity contribution is 6.01. The SMILES string of the molecule is CC(C)NC(=O)NCC(=O)Nc1cccc2cccnc12. The number of urea groups is 1. The van der Waals surface area contributed by atoms with Crippen molar-refractivity contribution in [2.75, 3.05) is 11.9 Å². The Morgan fingerprint density at radius 2 is 1.95 bits per heavy atom. The molecule has 110 valence electrons. The maximum Gasteiger partial charge on any atom is 0.315 e. The first kappa shape index (κ1) is 14.8. The number of hydrogen-bond acceptors (Lipinski definition) is 3. The quantitative estimate of drug-likeness (QED) is 0.802. The third-order valence-corrected chi connectivity index (χ3v) is 2.74. The van der Waals surface area contributed by atoms with Gasteiger partial charge in [0, 0.05) is 17.6 Å². The topological polar surface area (TPSA) is 83.1 Å². The Hall–Kier alpha value is -2.63. The summed E-state index contributed by atoms with van der Waals surface area (Å²) in [6, 6.07) is 8.97. The minimum atomic E-state index is -0.365. The van der Waals surface area contributed by atoms with Gasteiger partial charge in [-0.15, -0.1) is 0 Å². The Balaban J connectivity index is 1.97. The zero-order chi connectivity index (χ0) is 15.2. The maximum atomic E-state index is 11.9.